The number of nitrogens with one attached hydrogen (secondary N) is 1. The van der Waals surface area contributed by atoms with E-state index in [1.54, 1.807) is 7.05 Å². The van der Waals surface area contributed by atoms with E-state index in [0.717, 1.165) is 0 Å². The third-order valence-electron chi connectivity index (χ3n) is 1.77. The zero-order chi connectivity index (χ0) is 11.3. The summed E-state index contributed by atoms with van der Waals surface area (Å²) in [4.78, 5) is 14.6. The fraction of sp³-hybridized carbons (Fsp3) is 0.222. The van der Waals surface area contributed by atoms with Gasteiger partial charge in [-0.1, -0.05) is 5.16 Å². The standard InChI is InChI=1S/C9H11N3O3.ClH/c1-10-5-8(12-15)7-4-6(9(13)14)2-3-11-7;/h2-4,10,15H,5H2,1H3,(H,13,14);1H/b12-8+;. The first-order valence-electron chi connectivity index (χ1n) is 4.24. The van der Waals surface area contributed by atoms with Gasteiger partial charge >= 0.3 is 5.97 Å². The number of pyridine rings is 1. The molecule has 0 radical (unpaired) electrons. The predicted octanol–water partition coefficient (Wildman–Crippen LogP) is 0.599. The van der Waals surface area contributed by atoms with E-state index < -0.39 is 5.97 Å². The number of carboxylic acids is 1. The van der Waals surface area contributed by atoms with Gasteiger partial charge in [-0.05, 0) is 19.2 Å². The van der Waals surface area contributed by atoms with Crippen LogP contribution in [-0.4, -0.2) is 40.6 Å². The van der Waals surface area contributed by atoms with Gasteiger partial charge in [-0.3, -0.25) is 4.98 Å². The molecule has 16 heavy (non-hydrogen) atoms. The topological polar surface area (TPSA) is 94.8 Å². The largest absolute Gasteiger partial charge is 0.478 e. The lowest BCUT2D eigenvalue weighted by Crippen LogP contribution is -2.21. The molecule has 0 fully saturated rings. The SMILES string of the molecule is CNC/C(=N\O)c1cc(C(=O)O)ccn1.Cl. The Kier molecular flexibility index (Phi) is 6.06. The third kappa shape index (κ3) is 3.48. The summed E-state index contributed by atoms with van der Waals surface area (Å²) < 4.78 is 0. The van der Waals surface area contributed by atoms with E-state index in [1.165, 1.54) is 18.3 Å². The van der Waals surface area contributed by atoms with Crippen molar-refractivity contribution in [3.05, 3.63) is 29.6 Å². The molecule has 1 aromatic rings. The second-order valence-corrected chi connectivity index (χ2v) is 2.81. The Morgan fingerprint density at radius 1 is 1.62 bits per heavy atom. The average molecular weight is 246 g/mol. The summed E-state index contributed by atoms with van der Waals surface area (Å²) >= 11 is 0. The van der Waals surface area contributed by atoms with Crippen molar-refractivity contribution in [2.75, 3.05) is 13.6 Å². The molecule has 0 atom stereocenters. The monoisotopic (exact) mass is 245 g/mol. The number of hydrogen-bond acceptors (Lipinski definition) is 5. The fourth-order valence-electron chi connectivity index (χ4n) is 1.07. The Bertz CT molecular complexity index is 395. The molecule has 0 aromatic carbocycles. The van der Waals surface area contributed by atoms with Crippen LogP contribution in [0.25, 0.3) is 0 Å². The summed E-state index contributed by atoms with van der Waals surface area (Å²) in [6, 6.07) is 2.73. The molecule has 88 valence electrons. The Labute approximate surface area is 98.4 Å². The summed E-state index contributed by atoms with van der Waals surface area (Å²) in [5.74, 6) is -1.04. The van der Waals surface area contributed by atoms with Crippen LogP contribution in [0.3, 0.4) is 0 Å². The smallest absolute Gasteiger partial charge is 0.335 e. The lowest BCUT2D eigenvalue weighted by molar-refractivity contribution is 0.0696. The number of aromatic nitrogens is 1. The van der Waals surface area contributed by atoms with Gasteiger partial charge in [-0.25, -0.2) is 4.79 Å². The van der Waals surface area contributed by atoms with Crippen LogP contribution < -0.4 is 5.32 Å². The molecule has 0 aliphatic heterocycles. The molecule has 0 spiro atoms. The number of aromatic carboxylic acids is 1. The van der Waals surface area contributed by atoms with E-state index in [-0.39, 0.29) is 18.0 Å². The summed E-state index contributed by atoms with van der Waals surface area (Å²) in [5, 5.41) is 23.3. The van der Waals surface area contributed by atoms with Crippen LogP contribution in [0.5, 0.6) is 0 Å². The summed E-state index contributed by atoms with van der Waals surface area (Å²) in [6.45, 7) is 0.312. The summed E-state index contributed by atoms with van der Waals surface area (Å²) in [5.41, 5.74) is 0.740. The van der Waals surface area contributed by atoms with E-state index in [0.29, 0.717) is 18.0 Å². The first-order valence-corrected chi connectivity index (χ1v) is 4.24. The van der Waals surface area contributed by atoms with Crippen LogP contribution in [0.2, 0.25) is 0 Å². The minimum atomic E-state index is -1.04. The van der Waals surface area contributed by atoms with Crippen LogP contribution in [0, 0.1) is 0 Å². The van der Waals surface area contributed by atoms with Gasteiger partial charge in [-0.2, -0.15) is 0 Å². The number of nitrogens with zero attached hydrogens (tertiary/aromatic N) is 2. The minimum Gasteiger partial charge on any atom is -0.478 e. The molecule has 0 aliphatic carbocycles. The minimum absolute atomic E-state index is 0. The van der Waals surface area contributed by atoms with Crippen LogP contribution in [0.1, 0.15) is 16.1 Å². The van der Waals surface area contributed by atoms with Crippen LogP contribution in [0.4, 0.5) is 0 Å². The molecule has 7 heteroatoms. The van der Waals surface area contributed by atoms with Crippen molar-refractivity contribution >= 4 is 24.1 Å². The van der Waals surface area contributed by atoms with E-state index >= 15 is 0 Å². The van der Waals surface area contributed by atoms with Crippen molar-refractivity contribution in [1.29, 1.82) is 0 Å². The van der Waals surface area contributed by atoms with E-state index in [2.05, 4.69) is 15.5 Å². The van der Waals surface area contributed by atoms with Crippen LogP contribution in [0.15, 0.2) is 23.5 Å². The Morgan fingerprint density at radius 3 is 2.81 bits per heavy atom. The van der Waals surface area contributed by atoms with Crippen molar-refractivity contribution in [3.8, 4) is 0 Å². The molecular weight excluding hydrogens is 234 g/mol. The van der Waals surface area contributed by atoms with E-state index in [9.17, 15) is 4.79 Å². The molecule has 0 aliphatic rings. The van der Waals surface area contributed by atoms with Gasteiger partial charge in [0.05, 0.1) is 11.3 Å². The number of hydrogen-bond donors (Lipinski definition) is 3. The second kappa shape index (κ2) is 6.76. The molecule has 0 saturated carbocycles. The van der Waals surface area contributed by atoms with Gasteiger partial charge in [0.15, 0.2) is 0 Å². The van der Waals surface area contributed by atoms with Gasteiger partial charge in [0.1, 0.15) is 5.71 Å². The molecule has 0 saturated heterocycles. The number of rotatable bonds is 4. The molecular formula is C9H12ClN3O3. The van der Waals surface area contributed by atoms with E-state index in [4.69, 9.17) is 10.3 Å². The Morgan fingerprint density at radius 2 is 2.31 bits per heavy atom. The maximum absolute atomic E-state index is 10.7. The highest BCUT2D eigenvalue weighted by Crippen LogP contribution is 2.03. The maximum Gasteiger partial charge on any atom is 0.335 e. The van der Waals surface area contributed by atoms with Gasteiger partial charge in [-0.15, -0.1) is 12.4 Å². The molecule has 1 heterocycles. The first kappa shape index (κ1) is 14.3. The maximum atomic E-state index is 10.7. The van der Waals surface area contributed by atoms with Gasteiger partial charge in [0, 0.05) is 12.7 Å². The molecule has 0 amide bonds. The zero-order valence-electron chi connectivity index (χ0n) is 8.54. The summed E-state index contributed by atoms with van der Waals surface area (Å²) in [6.07, 6.45) is 1.36. The summed E-state index contributed by atoms with van der Waals surface area (Å²) in [7, 11) is 1.69. The highest BCUT2D eigenvalue weighted by atomic mass is 35.5. The van der Waals surface area contributed by atoms with Crippen LogP contribution in [-0.2, 0) is 0 Å². The molecule has 1 aromatic heterocycles. The van der Waals surface area contributed by atoms with Crippen molar-refractivity contribution in [1.82, 2.24) is 10.3 Å². The first-order chi connectivity index (χ1) is 7.19. The molecule has 3 N–H and O–H groups in total. The van der Waals surface area contributed by atoms with Crippen molar-refractivity contribution < 1.29 is 15.1 Å². The van der Waals surface area contributed by atoms with E-state index in [1.807, 2.05) is 0 Å². The lowest BCUT2D eigenvalue weighted by atomic mass is 10.2. The number of likely N-dealkylation sites (N-methyl/N-ethyl adjacent to an activating group) is 1. The number of carboxylic acid groups (broad SMARTS) is 1. The highest BCUT2D eigenvalue weighted by molar-refractivity contribution is 6.01. The van der Waals surface area contributed by atoms with Crippen molar-refractivity contribution in [2.45, 2.75) is 0 Å². The highest BCUT2D eigenvalue weighted by Gasteiger charge is 2.09. The number of carbonyl (C=O) groups is 1. The normalized spacial score (nSPS) is 10.7. The average Bonchev–Trinajstić information content (AvgIpc) is 2.26. The fourth-order valence-corrected chi connectivity index (χ4v) is 1.07. The predicted molar refractivity (Wildman–Crippen MR) is 60.7 cm³/mol. The quantitative estimate of drug-likeness (QED) is 0.410. The Hall–Kier alpha value is -1.66. The number of oxime groups is 1. The Balaban J connectivity index is 0.00000225. The number of halogens is 1. The second-order valence-electron chi connectivity index (χ2n) is 2.81. The van der Waals surface area contributed by atoms with Gasteiger partial charge in [0.25, 0.3) is 0 Å². The molecule has 1 rings (SSSR count). The van der Waals surface area contributed by atoms with Gasteiger partial charge < -0.3 is 15.6 Å². The van der Waals surface area contributed by atoms with Gasteiger partial charge in [0.2, 0.25) is 0 Å². The molecule has 0 unspecified atom stereocenters. The van der Waals surface area contributed by atoms with Crippen molar-refractivity contribution in [3.63, 3.8) is 0 Å². The van der Waals surface area contributed by atoms with Crippen LogP contribution >= 0.6 is 12.4 Å². The zero-order valence-corrected chi connectivity index (χ0v) is 9.36. The molecule has 6 nitrogen and oxygen atoms in total. The third-order valence-corrected chi connectivity index (χ3v) is 1.77. The lowest BCUT2D eigenvalue weighted by Gasteiger charge is -2.03. The van der Waals surface area contributed by atoms with Crippen molar-refractivity contribution in [2.24, 2.45) is 5.16 Å². The molecule has 0 bridgehead atoms.